The molecular weight excluding hydrogens is 176 g/mol. The summed E-state index contributed by atoms with van der Waals surface area (Å²) in [6, 6.07) is 0. The lowest BCUT2D eigenvalue weighted by Gasteiger charge is -1.99. The fourth-order valence-corrected chi connectivity index (χ4v) is 1.32. The van der Waals surface area contributed by atoms with Crippen molar-refractivity contribution in [2.45, 2.75) is 26.7 Å². The van der Waals surface area contributed by atoms with E-state index in [1.54, 1.807) is 10.9 Å². The highest BCUT2D eigenvalue weighted by atomic mass is 16.1. The van der Waals surface area contributed by atoms with Crippen molar-refractivity contribution in [2.24, 2.45) is 7.05 Å². The number of hydrogen-bond acceptors (Lipinski definition) is 2. The molecule has 1 rings (SSSR count). The summed E-state index contributed by atoms with van der Waals surface area (Å²) in [5.74, 6) is 0.113. The highest BCUT2D eigenvalue weighted by Gasteiger charge is 2.12. The fraction of sp³-hybridized carbons (Fsp3) is 0.455. The van der Waals surface area contributed by atoms with Crippen molar-refractivity contribution in [3.05, 3.63) is 29.6 Å². The van der Waals surface area contributed by atoms with Crippen LogP contribution in [0.3, 0.4) is 0 Å². The topological polar surface area (TPSA) is 34.9 Å². The molecule has 1 aromatic heterocycles. The van der Waals surface area contributed by atoms with Gasteiger partial charge in [-0.2, -0.15) is 5.10 Å². The van der Waals surface area contributed by atoms with E-state index >= 15 is 0 Å². The number of rotatable bonds is 4. The lowest BCUT2D eigenvalue weighted by Crippen LogP contribution is -2.00. The molecule has 0 bridgehead atoms. The number of aromatic nitrogens is 2. The molecule has 1 aromatic rings. The number of Topliss-reactive ketones (excluding diaryl/α,β-unsaturated/α-hetero) is 1. The Labute approximate surface area is 84.4 Å². The second-order valence-corrected chi connectivity index (χ2v) is 3.51. The Bertz CT molecular complexity index is 363. The molecule has 0 atom stereocenters. The molecule has 76 valence electrons. The first-order valence-corrected chi connectivity index (χ1v) is 4.74. The van der Waals surface area contributed by atoms with Crippen LogP contribution in [0.15, 0.2) is 18.3 Å². The Hall–Kier alpha value is -1.38. The number of hydrogen-bond donors (Lipinski definition) is 0. The summed E-state index contributed by atoms with van der Waals surface area (Å²) < 4.78 is 1.66. The predicted molar refractivity (Wildman–Crippen MR) is 56.3 cm³/mol. The number of nitrogens with zero attached hydrogens (tertiary/aromatic N) is 2. The molecule has 3 heteroatoms. The maximum absolute atomic E-state index is 11.7. The summed E-state index contributed by atoms with van der Waals surface area (Å²) in [5, 5.41) is 4.13. The molecule has 0 saturated heterocycles. The smallest absolute Gasteiger partial charge is 0.170 e. The van der Waals surface area contributed by atoms with Crippen LogP contribution in [-0.2, 0) is 7.05 Å². The first-order chi connectivity index (χ1) is 6.54. The van der Waals surface area contributed by atoms with Crippen LogP contribution in [0.5, 0.6) is 0 Å². The van der Waals surface area contributed by atoms with Gasteiger partial charge in [-0.15, -0.1) is 0 Å². The summed E-state index contributed by atoms with van der Waals surface area (Å²) in [7, 11) is 1.82. The molecule has 1 heterocycles. The van der Waals surface area contributed by atoms with Gasteiger partial charge in [0.25, 0.3) is 0 Å². The lowest BCUT2D eigenvalue weighted by molar-refractivity contribution is 0.0991. The molecule has 0 N–H and O–H groups in total. The van der Waals surface area contributed by atoms with Crippen LogP contribution in [0, 0.1) is 6.92 Å². The molecule has 0 aliphatic carbocycles. The maximum Gasteiger partial charge on any atom is 0.170 e. The van der Waals surface area contributed by atoms with Crippen molar-refractivity contribution < 1.29 is 4.79 Å². The standard InChI is InChI=1S/C11H16N2O/c1-5-8(2)6-11(14)10-7-13(4)12-9(10)3/h7H,2,5-6H2,1,3-4H3. The number of carbonyl (C=O) groups is 1. The van der Waals surface area contributed by atoms with Gasteiger partial charge in [0.15, 0.2) is 5.78 Å². The molecule has 3 nitrogen and oxygen atoms in total. The number of carbonyl (C=O) groups excluding carboxylic acids is 1. The number of ketones is 1. The van der Waals surface area contributed by atoms with Crippen LogP contribution in [0.25, 0.3) is 0 Å². The largest absolute Gasteiger partial charge is 0.294 e. The van der Waals surface area contributed by atoms with Gasteiger partial charge in [0.1, 0.15) is 0 Å². The van der Waals surface area contributed by atoms with E-state index in [1.807, 2.05) is 20.9 Å². The van der Waals surface area contributed by atoms with Crippen LogP contribution in [0.4, 0.5) is 0 Å². The van der Waals surface area contributed by atoms with Crippen LogP contribution in [0.1, 0.15) is 35.8 Å². The van der Waals surface area contributed by atoms with E-state index in [0.717, 1.165) is 17.7 Å². The average Bonchev–Trinajstić information content (AvgIpc) is 2.45. The van der Waals surface area contributed by atoms with Crippen molar-refractivity contribution in [3.8, 4) is 0 Å². The minimum absolute atomic E-state index is 0.113. The Morgan fingerprint density at radius 1 is 1.64 bits per heavy atom. The molecule has 14 heavy (non-hydrogen) atoms. The third kappa shape index (κ3) is 2.31. The second-order valence-electron chi connectivity index (χ2n) is 3.51. The Morgan fingerprint density at radius 2 is 2.29 bits per heavy atom. The van der Waals surface area contributed by atoms with Crippen molar-refractivity contribution in [2.75, 3.05) is 0 Å². The lowest BCUT2D eigenvalue weighted by atomic mass is 10.0. The van der Waals surface area contributed by atoms with Crippen LogP contribution in [-0.4, -0.2) is 15.6 Å². The van der Waals surface area contributed by atoms with Gasteiger partial charge < -0.3 is 0 Å². The highest BCUT2D eigenvalue weighted by Crippen LogP contribution is 2.12. The summed E-state index contributed by atoms with van der Waals surface area (Å²) in [5.41, 5.74) is 2.47. The molecule has 0 radical (unpaired) electrons. The van der Waals surface area contributed by atoms with Crippen molar-refractivity contribution in [1.29, 1.82) is 0 Å². The van der Waals surface area contributed by atoms with Crippen molar-refractivity contribution in [1.82, 2.24) is 9.78 Å². The first-order valence-electron chi connectivity index (χ1n) is 4.74. The maximum atomic E-state index is 11.7. The van der Waals surface area contributed by atoms with E-state index in [0.29, 0.717) is 12.0 Å². The summed E-state index contributed by atoms with van der Waals surface area (Å²) in [6.07, 6.45) is 3.05. The van der Waals surface area contributed by atoms with E-state index < -0.39 is 0 Å². The molecule has 0 unspecified atom stereocenters. The Kier molecular flexibility index (Phi) is 3.23. The third-order valence-corrected chi connectivity index (χ3v) is 2.22. The minimum Gasteiger partial charge on any atom is -0.294 e. The second kappa shape index (κ2) is 4.22. The molecule has 0 aliphatic heterocycles. The number of allylic oxidation sites excluding steroid dienone is 1. The van der Waals surface area contributed by atoms with Gasteiger partial charge in [0.05, 0.1) is 11.3 Å². The van der Waals surface area contributed by atoms with Crippen LogP contribution >= 0.6 is 0 Å². The molecule has 0 spiro atoms. The molecule has 0 aliphatic rings. The number of aryl methyl sites for hydroxylation is 2. The van der Waals surface area contributed by atoms with Gasteiger partial charge in [-0.25, -0.2) is 0 Å². The van der Waals surface area contributed by atoms with Gasteiger partial charge in [-0.3, -0.25) is 9.48 Å². The quantitative estimate of drug-likeness (QED) is 0.542. The summed E-state index contributed by atoms with van der Waals surface area (Å²) in [6.45, 7) is 7.68. The van der Waals surface area contributed by atoms with E-state index in [4.69, 9.17) is 0 Å². The molecule has 0 fully saturated rings. The zero-order chi connectivity index (χ0) is 10.7. The summed E-state index contributed by atoms with van der Waals surface area (Å²) >= 11 is 0. The SMILES string of the molecule is C=C(CC)CC(=O)c1cn(C)nc1C. The van der Waals surface area contributed by atoms with E-state index in [1.165, 1.54) is 0 Å². The average molecular weight is 192 g/mol. The van der Waals surface area contributed by atoms with E-state index in [2.05, 4.69) is 11.7 Å². The summed E-state index contributed by atoms with van der Waals surface area (Å²) in [4.78, 5) is 11.7. The predicted octanol–water partition coefficient (Wildman–Crippen LogP) is 2.27. The highest BCUT2D eigenvalue weighted by molar-refractivity contribution is 5.98. The Balaban J connectivity index is 2.79. The minimum atomic E-state index is 0.113. The zero-order valence-corrected chi connectivity index (χ0v) is 9.00. The van der Waals surface area contributed by atoms with E-state index in [-0.39, 0.29) is 5.78 Å². The van der Waals surface area contributed by atoms with E-state index in [9.17, 15) is 4.79 Å². The van der Waals surface area contributed by atoms with Gasteiger partial charge in [0, 0.05) is 19.7 Å². The van der Waals surface area contributed by atoms with Gasteiger partial charge in [-0.05, 0) is 13.3 Å². The molecule has 0 saturated carbocycles. The molecule has 0 amide bonds. The zero-order valence-electron chi connectivity index (χ0n) is 9.00. The van der Waals surface area contributed by atoms with Crippen LogP contribution < -0.4 is 0 Å². The van der Waals surface area contributed by atoms with Gasteiger partial charge in [0.2, 0.25) is 0 Å². The molecule has 0 aromatic carbocycles. The monoisotopic (exact) mass is 192 g/mol. The van der Waals surface area contributed by atoms with Gasteiger partial charge in [-0.1, -0.05) is 19.1 Å². The van der Waals surface area contributed by atoms with Crippen LogP contribution in [0.2, 0.25) is 0 Å². The fourth-order valence-electron chi connectivity index (χ4n) is 1.32. The first kappa shape index (κ1) is 10.7. The Morgan fingerprint density at radius 3 is 2.71 bits per heavy atom. The molecular formula is C11H16N2O. The normalized spacial score (nSPS) is 10.2. The van der Waals surface area contributed by atoms with Gasteiger partial charge >= 0.3 is 0 Å². The third-order valence-electron chi connectivity index (χ3n) is 2.22. The van der Waals surface area contributed by atoms with Crippen molar-refractivity contribution >= 4 is 5.78 Å². The van der Waals surface area contributed by atoms with Crippen molar-refractivity contribution in [3.63, 3.8) is 0 Å².